The molecule has 2 aromatic carbocycles. The van der Waals surface area contributed by atoms with Gasteiger partial charge in [0.15, 0.2) is 0 Å². The van der Waals surface area contributed by atoms with Crippen LogP contribution in [-0.4, -0.2) is 35.3 Å². The number of amides is 2. The zero-order valence-corrected chi connectivity index (χ0v) is 16.0. The fourth-order valence-corrected chi connectivity index (χ4v) is 3.76. The Bertz CT molecular complexity index is 924. The van der Waals surface area contributed by atoms with E-state index in [4.69, 9.17) is 11.6 Å². The van der Waals surface area contributed by atoms with Gasteiger partial charge in [0.05, 0.1) is 33.4 Å². The van der Waals surface area contributed by atoms with Crippen molar-refractivity contribution in [3.05, 3.63) is 64.1 Å². The van der Waals surface area contributed by atoms with Gasteiger partial charge < -0.3 is 10.2 Å². The molecule has 0 fully saturated rings. The molecule has 0 aliphatic heterocycles. The van der Waals surface area contributed by atoms with Gasteiger partial charge in [-0.1, -0.05) is 35.9 Å². The Kier molecular flexibility index (Phi) is 5.54. The second-order valence-corrected chi connectivity index (χ2v) is 7.33. The molecule has 0 radical (unpaired) electrons. The topological polar surface area (TPSA) is 62.3 Å². The summed E-state index contributed by atoms with van der Waals surface area (Å²) in [5.74, 6) is -0.567. The quantitative estimate of drug-likeness (QED) is 0.722. The smallest absolute Gasteiger partial charge is 0.253 e. The van der Waals surface area contributed by atoms with E-state index in [2.05, 4.69) is 10.3 Å². The van der Waals surface area contributed by atoms with Crippen LogP contribution in [0.25, 0.3) is 10.2 Å². The number of rotatable bonds is 5. The Labute approximate surface area is 160 Å². The van der Waals surface area contributed by atoms with Crippen LogP contribution in [0.2, 0.25) is 5.02 Å². The molecule has 0 saturated carbocycles. The normalized spacial score (nSPS) is 12.0. The maximum absolute atomic E-state index is 12.4. The molecular formula is C19H18ClN3O2S. The number of halogens is 1. The van der Waals surface area contributed by atoms with Crippen LogP contribution < -0.4 is 5.32 Å². The van der Waals surface area contributed by atoms with E-state index in [1.54, 1.807) is 47.5 Å². The second kappa shape index (κ2) is 7.85. The average Bonchev–Trinajstić information content (AvgIpc) is 3.09. The molecule has 1 atom stereocenters. The average molecular weight is 388 g/mol. The van der Waals surface area contributed by atoms with Gasteiger partial charge in [-0.15, -0.1) is 11.3 Å². The van der Waals surface area contributed by atoms with Gasteiger partial charge in [-0.05, 0) is 31.2 Å². The lowest BCUT2D eigenvalue weighted by Gasteiger charge is -2.23. The number of fused-ring (bicyclic) bond motifs is 1. The lowest BCUT2D eigenvalue weighted by atomic mass is 10.2. The molecule has 0 saturated heterocycles. The van der Waals surface area contributed by atoms with Crippen molar-refractivity contribution in [2.24, 2.45) is 0 Å². The first-order chi connectivity index (χ1) is 12.5. The number of likely N-dealkylation sites (N-methyl/N-ethyl adjacent to an activating group) is 1. The molecular weight excluding hydrogens is 370 g/mol. The zero-order chi connectivity index (χ0) is 18.7. The van der Waals surface area contributed by atoms with E-state index in [0.29, 0.717) is 10.6 Å². The number of benzene rings is 2. The zero-order valence-electron chi connectivity index (χ0n) is 14.4. The van der Waals surface area contributed by atoms with Crippen LogP contribution in [0.4, 0.5) is 0 Å². The Morgan fingerprint density at radius 1 is 1.19 bits per heavy atom. The molecule has 0 aliphatic carbocycles. The summed E-state index contributed by atoms with van der Waals surface area (Å²) in [5, 5.41) is 3.84. The minimum absolute atomic E-state index is 0.101. The first-order valence-electron chi connectivity index (χ1n) is 8.11. The number of hydrogen-bond donors (Lipinski definition) is 1. The number of carbonyl (C=O) groups excluding carboxylic acids is 2. The molecule has 0 unspecified atom stereocenters. The van der Waals surface area contributed by atoms with Gasteiger partial charge in [-0.25, -0.2) is 4.98 Å². The Balaban J connectivity index is 1.63. The number of thiazole rings is 1. The second-order valence-electron chi connectivity index (χ2n) is 5.86. The summed E-state index contributed by atoms with van der Waals surface area (Å²) in [6.45, 7) is 1.82. The Morgan fingerprint density at radius 3 is 2.62 bits per heavy atom. The van der Waals surface area contributed by atoms with Gasteiger partial charge in [0.2, 0.25) is 5.91 Å². The van der Waals surface area contributed by atoms with Gasteiger partial charge in [0, 0.05) is 7.05 Å². The summed E-state index contributed by atoms with van der Waals surface area (Å²) in [7, 11) is 1.71. The highest BCUT2D eigenvalue weighted by Crippen LogP contribution is 2.28. The Hall–Kier alpha value is -2.44. The Morgan fingerprint density at radius 2 is 1.88 bits per heavy atom. The number of hydrogen-bond acceptors (Lipinski definition) is 4. The van der Waals surface area contributed by atoms with Crippen LogP contribution in [0, 0.1) is 0 Å². The van der Waals surface area contributed by atoms with E-state index >= 15 is 0 Å². The third kappa shape index (κ3) is 3.86. The number of aromatic nitrogens is 1. The minimum Gasteiger partial charge on any atom is -0.343 e. The van der Waals surface area contributed by atoms with Crippen LogP contribution >= 0.6 is 22.9 Å². The number of carbonyl (C=O) groups is 2. The monoisotopic (exact) mass is 387 g/mol. The van der Waals surface area contributed by atoms with Crippen molar-refractivity contribution in [3.63, 3.8) is 0 Å². The first-order valence-corrected chi connectivity index (χ1v) is 9.30. The molecule has 0 aliphatic rings. The summed E-state index contributed by atoms with van der Waals surface area (Å²) in [6.07, 6.45) is 0. The highest BCUT2D eigenvalue weighted by molar-refractivity contribution is 7.18. The van der Waals surface area contributed by atoms with Crippen LogP contribution in [0.15, 0.2) is 48.5 Å². The van der Waals surface area contributed by atoms with Crippen LogP contribution in [0.1, 0.15) is 28.3 Å². The summed E-state index contributed by atoms with van der Waals surface area (Å²) >= 11 is 7.57. The van der Waals surface area contributed by atoms with E-state index in [0.717, 1.165) is 15.2 Å². The van der Waals surface area contributed by atoms with Gasteiger partial charge in [0.1, 0.15) is 5.01 Å². The molecule has 3 aromatic rings. The van der Waals surface area contributed by atoms with Gasteiger partial charge in [-0.3, -0.25) is 9.59 Å². The van der Waals surface area contributed by atoms with Crippen molar-refractivity contribution < 1.29 is 9.59 Å². The molecule has 1 aromatic heterocycles. The SMILES string of the molecule is C[C@H](c1nc2ccccc2s1)N(C)C(=O)CNC(=O)c1ccccc1Cl. The maximum Gasteiger partial charge on any atom is 0.253 e. The van der Waals surface area contributed by atoms with Crippen molar-refractivity contribution in [2.75, 3.05) is 13.6 Å². The predicted octanol–water partition coefficient (Wildman–Crippen LogP) is 3.90. The number of nitrogens with one attached hydrogen (secondary N) is 1. The van der Waals surface area contributed by atoms with Crippen molar-refractivity contribution in [2.45, 2.75) is 13.0 Å². The fourth-order valence-electron chi connectivity index (χ4n) is 2.47. The van der Waals surface area contributed by atoms with Gasteiger partial charge in [0.25, 0.3) is 5.91 Å². The lowest BCUT2D eigenvalue weighted by molar-refractivity contribution is -0.130. The third-order valence-electron chi connectivity index (χ3n) is 4.16. The number of nitrogens with zero attached hydrogens (tertiary/aromatic N) is 2. The molecule has 5 nitrogen and oxygen atoms in total. The molecule has 1 heterocycles. The van der Waals surface area contributed by atoms with Gasteiger partial charge >= 0.3 is 0 Å². The van der Waals surface area contributed by atoms with E-state index in [1.807, 2.05) is 31.2 Å². The standard InChI is InChI=1S/C19H18ClN3O2S/c1-12(19-22-15-9-5-6-10-16(15)26-19)23(2)17(24)11-21-18(25)13-7-3-4-8-14(13)20/h3-10,12H,11H2,1-2H3,(H,21,25)/t12-/m1/s1. The summed E-state index contributed by atoms with van der Waals surface area (Å²) in [6, 6.07) is 14.4. The molecule has 26 heavy (non-hydrogen) atoms. The minimum atomic E-state index is -0.370. The third-order valence-corrected chi connectivity index (χ3v) is 5.70. The molecule has 7 heteroatoms. The molecule has 0 bridgehead atoms. The van der Waals surface area contributed by atoms with Crippen LogP contribution in [0.3, 0.4) is 0 Å². The van der Waals surface area contributed by atoms with E-state index in [9.17, 15) is 9.59 Å². The first kappa shape index (κ1) is 18.4. The molecule has 2 amide bonds. The van der Waals surface area contributed by atoms with Crippen molar-refractivity contribution in [1.82, 2.24) is 15.2 Å². The largest absolute Gasteiger partial charge is 0.343 e. The molecule has 3 rings (SSSR count). The highest BCUT2D eigenvalue weighted by atomic mass is 35.5. The van der Waals surface area contributed by atoms with Gasteiger partial charge in [-0.2, -0.15) is 0 Å². The summed E-state index contributed by atoms with van der Waals surface area (Å²) in [5.41, 5.74) is 1.27. The van der Waals surface area contributed by atoms with E-state index in [-0.39, 0.29) is 24.4 Å². The van der Waals surface area contributed by atoms with Crippen LogP contribution in [-0.2, 0) is 4.79 Å². The lowest BCUT2D eigenvalue weighted by Crippen LogP contribution is -2.39. The highest BCUT2D eigenvalue weighted by Gasteiger charge is 2.21. The van der Waals surface area contributed by atoms with E-state index in [1.165, 1.54) is 0 Å². The predicted molar refractivity (Wildman–Crippen MR) is 105 cm³/mol. The summed E-state index contributed by atoms with van der Waals surface area (Å²) in [4.78, 5) is 30.8. The van der Waals surface area contributed by atoms with E-state index < -0.39 is 0 Å². The molecule has 1 N–H and O–H groups in total. The van der Waals surface area contributed by atoms with Crippen LogP contribution in [0.5, 0.6) is 0 Å². The maximum atomic E-state index is 12.4. The number of para-hydroxylation sites is 1. The summed E-state index contributed by atoms with van der Waals surface area (Å²) < 4.78 is 1.09. The fraction of sp³-hybridized carbons (Fsp3) is 0.211. The van der Waals surface area contributed by atoms with Crippen molar-refractivity contribution >= 4 is 45.0 Å². The molecule has 134 valence electrons. The van der Waals surface area contributed by atoms with Crippen molar-refractivity contribution in [1.29, 1.82) is 0 Å². The van der Waals surface area contributed by atoms with Crippen molar-refractivity contribution in [3.8, 4) is 0 Å². The molecule has 0 spiro atoms.